The lowest BCUT2D eigenvalue weighted by atomic mass is 10.1. The second-order valence-corrected chi connectivity index (χ2v) is 9.71. The van der Waals surface area contributed by atoms with Crippen LogP contribution in [-0.2, 0) is 22.5 Å². The molecule has 4 rings (SSSR count). The zero-order chi connectivity index (χ0) is 22.1. The maximum absolute atomic E-state index is 13.8. The zero-order valence-corrected chi connectivity index (χ0v) is 19.6. The number of ether oxygens (including phenoxy) is 2. The highest BCUT2D eigenvalue weighted by atomic mass is 32.2. The van der Waals surface area contributed by atoms with E-state index in [0.717, 1.165) is 36.4 Å². The third kappa shape index (κ3) is 4.09. The first-order chi connectivity index (χ1) is 15.0. The molecule has 1 atom stereocenters. The number of thioether (sulfide) groups is 1. The Morgan fingerprint density at radius 2 is 2.16 bits per heavy atom. The van der Waals surface area contributed by atoms with Crippen LogP contribution in [0.2, 0.25) is 0 Å². The molecule has 0 radical (unpaired) electrons. The molecular formula is C22H25N3O4S2. The van der Waals surface area contributed by atoms with Gasteiger partial charge in [-0.05, 0) is 37.6 Å². The van der Waals surface area contributed by atoms with Gasteiger partial charge in [0.15, 0.2) is 5.16 Å². The molecule has 7 nitrogen and oxygen atoms in total. The van der Waals surface area contributed by atoms with Gasteiger partial charge in [-0.1, -0.05) is 24.8 Å². The van der Waals surface area contributed by atoms with Crippen molar-refractivity contribution >= 4 is 39.3 Å². The van der Waals surface area contributed by atoms with E-state index in [2.05, 4.69) is 11.8 Å². The van der Waals surface area contributed by atoms with E-state index >= 15 is 0 Å². The van der Waals surface area contributed by atoms with Crippen molar-refractivity contribution in [3.63, 3.8) is 0 Å². The summed E-state index contributed by atoms with van der Waals surface area (Å²) in [7, 11) is 2.95. The van der Waals surface area contributed by atoms with E-state index in [-0.39, 0.29) is 11.5 Å². The minimum atomic E-state index is -0.503. The molecular weight excluding hydrogens is 434 g/mol. The first-order valence-corrected chi connectivity index (χ1v) is 11.8. The fraction of sp³-hybridized carbons (Fsp3) is 0.409. The number of carbonyl (C=O) groups excluding carboxylic acids is 1. The van der Waals surface area contributed by atoms with Crippen molar-refractivity contribution in [3.8, 4) is 11.4 Å². The second kappa shape index (κ2) is 9.02. The molecule has 1 aliphatic heterocycles. The van der Waals surface area contributed by atoms with E-state index < -0.39 is 5.25 Å². The molecule has 0 spiro atoms. The smallest absolute Gasteiger partial charge is 0.318 e. The fourth-order valence-electron chi connectivity index (χ4n) is 3.78. The van der Waals surface area contributed by atoms with Crippen LogP contribution in [0.15, 0.2) is 34.2 Å². The van der Waals surface area contributed by atoms with Crippen LogP contribution >= 0.6 is 23.1 Å². The summed E-state index contributed by atoms with van der Waals surface area (Å²) in [5, 5.41) is 0.652. The Kier molecular flexibility index (Phi) is 6.36. The average molecular weight is 460 g/mol. The van der Waals surface area contributed by atoms with Gasteiger partial charge in [0.05, 0.1) is 25.3 Å². The lowest BCUT2D eigenvalue weighted by Gasteiger charge is -2.25. The molecule has 0 fully saturated rings. The summed E-state index contributed by atoms with van der Waals surface area (Å²) >= 11 is 2.80. The number of benzene rings is 1. The van der Waals surface area contributed by atoms with Gasteiger partial charge in [0, 0.05) is 24.0 Å². The quantitative estimate of drug-likeness (QED) is 0.317. The topological polar surface area (TPSA) is 73.7 Å². The molecule has 0 saturated carbocycles. The average Bonchev–Trinajstić information content (AvgIpc) is 3.16. The van der Waals surface area contributed by atoms with Gasteiger partial charge in [0.1, 0.15) is 15.8 Å². The maximum atomic E-state index is 13.8. The Bertz CT molecular complexity index is 1190. The van der Waals surface area contributed by atoms with Crippen molar-refractivity contribution < 1.29 is 14.3 Å². The highest BCUT2D eigenvalue weighted by Gasteiger charge is 2.27. The second-order valence-electron chi connectivity index (χ2n) is 7.32. The van der Waals surface area contributed by atoms with Crippen molar-refractivity contribution in [1.29, 1.82) is 0 Å². The number of nitrogens with zero attached hydrogens (tertiary/aromatic N) is 3. The predicted molar refractivity (Wildman–Crippen MR) is 124 cm³/mol. The molecule has 1 aliphatic rings. The SMILES string of the molecule is CCN1CCc2c(sc3nc(SC(C)C(=O)OC)n(-c4cccc(OC)c4)c(=O)c23)C1. The molecule has 0 aliphatic carbocycles. The lowest BCUT2D eigenvalue weighted by molar-refractivity contribution is -0.139. The number of likely N-dealkylation sites (N-methyl/N-ethyl adjacent to an activating group) is 1. The highest BCUT2D eigenvalue weighted by Crippen LogP contribution is 2.35. The normalized spacial score (nSPS) is 15.0. The van der Waals surface area contributed by atoms with Gasteiger partial charge in [-0.15, -0.1) is 11.3 Å². The van der Waals surface area contributed by atoms with Crippen LogP contribution < -0.4 is 10.3 Å². The maximum Gasteiger partial charge on any atom is 0.318 e. The molecule has 164 valence electrons. The molecule has 31 heavy (non-hydrogen) atoms. The summed E-state index contributed by atoms with van der Waals surface area (Å²) in [6.07, 6.45) is 0.837. The van der Waals surface area contributed by atoms with E-state index in [4.69, 9.17) is 14.5 Å². The molecule has 9 heteroatoms. The molecule has 1 unspecified atom stereocenters. The third-order valence-corrected chi connectivity index (χ3v) is 7.64. The highest BCUT2D eigenvalue weighted by molar-refractivity contribution is 8.00. The minimum Gasteiger partial charge on any atom is -0.497 e. The standard InChI is InChI=1S/C22H25N3O4S2/c1-5-24-10-9-16-17(12-24)31-19-18(16)20(26)25(14-7-6-8-15(11-14)28-3)22(23-19)30-13(2)21(27)29-4/h6-8,11,13H,5,9-10,12H2,1-4H3. The van der Waals surface area contributed by atoms with Gasteiger partial charge < -0.3 is 9.47 Å². The van der Waals surface area contributed by atoms with Gasteiger partial charge in [-0.2, -0.15) is 0 Å². The summed E-state index contributed by atoms with van der Waals surface area (Å²) in [6.45, 7) is 6.65. The summed E-state index contributed by atoms with van der Waals surface area (Å²) in [5.74, 6) is 0.285. The lowest BCUT2D eigenvalue weighted by Crippen LogP contribution is -2.30. The monoisotopic (exact) mass is 459 g/mol. The van der Waals surface area contributed by atoms with Gasteiger partial charge >= 0.3 is 5.97 Å². The van der Waals surface area contributed by atoms with Crippen LogP contribution in [0.25, 0.3) is 15.9 Å². The van der Waals surface area contributed by atoms with Gasteiger partial charge in [-0.25, -0.2) is 4.98 Å². The molecule has 3 heterocycles. The van der Waals surface area contributed by atoms with Crippen molar-refractivity contribution in [1.82, 2.24) is 14.5 Å². The molecule has 0 N–H and O–H groups in total. The summed E-state index contributed by atoms with van der Waals surface area (Å²) < 4.78 is 11.8. The van der Waals surface area contributed by atoms with Crippen LogP contribution in [0, 0.1) is 0 Å². The van der Waals surface area contributed by atoms with E-state index in [0.29, 0.717) is 22.0 Å². The minimum absolute atomic E-state index is 0.111. The Labute approximate surface area is 189 Å². The Hall–Kier alpha value is -2.36. The number of esters is 1. The van der Waals surface area contributed by atoms with Crippen LogP contribution in [0.5, 0.6) is 5.75 Å². The number of carbonyl (C=O) groups is 1. The molecule has 1 aromatic carbocycles. The van der Waals surface area contributed by atoms with Crippen molar-refractivity contribution in [2.24, 2.45) is 0 Å². The van der Waals surface area contributed by atoms with Crippen LogP contribution in [-0.4, -0.2) is 53.0 Å². The Balaban J connectivity index is 1.93. The van der Waals surface area contributed by atoms with Crippen LogP contribution in [0.3, 0.4) is 0 Å². The predicted octanol–water partition coefficient (Wildman–Crippen LogP) is 3.49. The number of methoxy groups -OCH3 is 2. The molecule has 2 aromatic heterocycles. The fourth-order valence-corrected chi connectivity index (χ4v) is 6.03. The van der Waals surface area contributed by atoms with Crippen LogP contribution in [0.1, 0.15) is 24.3 Å². The van der Waals surface area contributed by atoms with Gasteiger partial charge in [-0.3, -0.25) is 19.1 Å². The molecule has 0 saturated heterocycles. The summed E-state index contributed by atoms with van der Waals surface area (Å²) in [4.78, 5) is 35.0. The van der Waals surface area contributed by atoms with Crippen LogP contribution in [0.4, 0.5) is 0 Å². The number of hydrogen-bond acceptors (Lipinski definition) is 8. The van der Waals surface area contributed by atoms with Crippen molar-refractivity contribution in [3.05, 3.63) is 45.1 Å². The third-order valence-electron chi connectivity index (χ3n) is 5.50. The molecule has 3 aromatic rings. The van der Waals surface area contributed by atoms with E-state index in [1.165, 1.54) is 23.7 Å². The van der Waals surface area contributed by atoms with Crippen molar-refractivity contribution in [2.75, 3.05) is 27.3 Å². The molecule has 0 bridgehead atoms. The number of aromatic nitrogens is 2. The number of hydrogen-bond donors (Lipinski definition) is 0. The van der Waals surface area contributed by atoms with E-state index in [1.807, 2.05) is 18.2 Å². The Morgan fingerprint density at radius 3 is 2.87 bits per heavy atom. The molecule has 0 amide bonds. The van der Waals surface area contributed by atoms with E-state index in [9.17, 15) is 9.59 Å². The number of fused-ring (bicyclic) bond motifs is 3. The number of thiophene rings is 1. The number of rotatable bonds is 6. The summed E-state index contributed by atoms with van der Waals surface area (Å²) in [5.41, 5.74) is 1.65. The van der Waals surface area contributed by atoms with E-state index in [1.54, 1.807) is 36.0 Å². The van der Waals surface area contributed by atoms with Crippen molar-refractivity contribution in [2.45, 2.75) is 37.2 Å². The summed E-state index contributed by atoms with van der Waals surface area (Å²) in [6, 6.07) is 7.32. The van der Waals surface area contributed by atoms with Gasteiger partial charge in [0.25, 0.3) is 5.56 Å². The Morgan fingerprint density at radius 1 is 1.35 bits per heavy atom. The largest absolute Gasteiger partial charge is 0.497 e. The first-order valence-electron chi connectivity index (χ1n) is 10.1. The zero-order valence-electron chi connectivity index (χ0n) is 18.0. The van der Waals surface area contributed by atoms with Gasteiger partial charge in [0.2, 0.25) is 0 Å². The first kappa shape index (κ1) is 21.9.